The quantitative estimate of drug-likeness (QED) is 0.837. The largest absolute Gasteiger partial charge is 0.461 e. The van der Waals surface area contributed by atoms with Crippen LogP contribution in [0.5, 0.6) is 0 Å². The maximum atomic E-state index is 13.0. The number of furan rings is 1. The molecule has 0 aromatic carbocycles. The number of ketones is 1. The molecule has 1 N–H and O–H groups in total. The van der Waals surface area contributed by atoms with E-state index in [2.05, 4.69) is 0 Å². The number of carbonyl (C=O) groups is 2. The van der Waals surface area contributed by atoms with Gasteiger partial charge in [0.05, 0.1) is 17.8 Å². The smallest absolute Gasteiger partial charge is 0.309 e. The lowest BCUT2D eigenvalue weighted by Gasteiger charge is -2.55. The van der Waals surface area contributed by atoms with Crippen molar-refractivity contribution in [2.24, 2.45) is 17.3 Å². The molecular weight excluding hydrogens is 308 g/mol. The summed E-state index contributed by atoms with van der Waals surface area (Å²) in [6, 6.07) is 0. The van der Waals surface area contributed by atoms with Crippen LogP contribution in [0, 0.1) is 24.2 Å². The van der Waals surface area contributed by atoms with Crippen molar-refractivity contribution in [3.8, 4) is 0 Å². The van der Waals surface area contributed by atoms with Crippen LogP contribution in [0.4, 0.5) is 0 Å². The number of ether oxygens (including phenoxy) is 1. The zero-order valence-electron chi connectivity index (χ0n) is 15.0. The summed E-state index contributed by atoms with van der Waals surface area (Å²) in [5.74, 6) is -0.827. The summed E-state index contributed by atoms with van der Waals surface area (Å²) >= 11 is 0. The standard InChI is InChI=1S/C19H26O5/c1-10(2)17(21)24-16-13-11(3)9-23-15(13)14(20)12-7-6-8-18(4,22)19(12,16)5/h9-10,12,16,22H,6-8H2,1-5H3/t12-,16+,18+,19+/m0/s1. The van der Waals surface area contributed by atoms with Gasteiger partial charge in [-0.25, -0.2) is 0 Å². The van der Waals surface area contributed by atoms with Gasteiger partial charge >= 0.3 is 5.97 Å². The summed E-state index contributed by atoms with van der Waals surface area (Å²) in [5, 5.41) is 11.1. The Morgan fingerprint density at radius 2 is 2.08 bits per heavy atom. The lowest BCUT2D eigenvalue weighted by atomic mass is 9.51. The number of aliphatic hydroxyl groups is 1. The lowest BCUT2D eigenvalue weighted by molar-refractivity contribution is -0.199. The van der Waals surface area contributed by atoms with Gasteiger partial charge in [-0.2, -0.15) is 0 Å². The first-order chi connectivity index (χ1) is 11.1. The Morgan fingerprint density at radius 3 is 2.71 bits per heavy atom. The van der Waals surface area contributed by atoms with Gasteiger partial charge in [0.1, 0.15) is 6.10 Å². The summed E-state index contributed by atoms with van der Waals surface area (Å²) in [5.41, 5.74) is -0.570. The fraction of sp³-hybridized carbons (Fsp3) is 0.684. The van der Waals surface area contributed by atoms with E-state index in [-0.39, 0.29) is 23.4 Å². The van der Waals surface area contributed by atoms with Crippen LogP contribution < -0.4 is 0 Å². The summed E-state index contributed by atoms with van der Waals surface area (Å²) in [6.07, 6.45) is 2.86. The minimum atomic E-state index is -1.10. The predicted molar refractivity (Wildman–Crippen MR) is 87.5 cm³/mol. The van der Waals surface area contributed by atoms with Gasteiger partial charge in [0, 0.05) is 16.9 Å². The molecule has 0 bridgehead atoms. The number of esters is 1. The van der Waals surface area contributed by atoms with Crippen molar-refractivity contribution in [1.82, 2.24) is 0 Å². The van der Waals surface area contributed by atoms with E-state index < -0.39 is 23.0 Å². The zero-order chi connectivity index (χ0) is 17.9. The lowest BCUT2D eigenvalue weighted by Crippen LogP contribution is -2.59. The van der Waals surface area contributed by atoms with Crippen LogP contribution in [-0.4, -0.2) is 22.5 Å². The molecule has 1 fully saturated rings. The van der Waals surface area contributed by atoms with Crippen molar-refractivity contribution >= 4 is 11.8 Å². The van der Waals surface area contributed by atoms with Gasteiger partial charge in [-0.1, -0.05) is 20.8 Å². The van der Waals surface area contributed by atoms with Crippen LogP contribution in [0.25, 0.3) is 0 Å². The SMILES string of the molecule is Cc1coc2c1[C@@H](OC(=O)C(C)C)[C@@]1(C)[C@@H](CCC[C@@]1(C)O)C2=O. The van der Waals surface area contributed by atoms with Crippen molar-refractivity contribution in [2.45, 2.75) is 65.6 Å². The zero-order valence-corrected chi connectivity index (χ0v) is 15.0. The number of hydrogen-bond donors (Lipinski definition) is 1. The van der Waals surface area contributed by atoms with E-state index in [1.54, 1.807) is 20.8 Å². The van der Waals surface area contributed by atoms with Crippen LogP contribution >= 0.6 is 0 Å². The molecule has 0 unspecified atom stereocenters. The molecular formula is C19H26O5. The fourth-order valence-corrected chi connectivity index (χ4v) is 4.33. The average Bonchev–Trinajstić information content (AvgIpc) is 2.87. The minimum Gasteiger partial charge on any atom is -0.461 e. The normalized spacial score (nSPS) is 35.5. The molecule has 1 aromatic heterocycles. The van der Waals surface area contributed by atoms with E-state index in [1.807, 2.05) is 13.8 Å². The molecule has 2 aliphatic carbocycles. The third kappa shape index (κ3) is 2.17. The maximum absolute atomic E-state index is 13.0. The molecule has 1 saturated carbocycles. The number of hydrogen-bond acceptors (Lipinski definition) is 5. The summed E-state index contributed by atoms with van der Waals surface area (Å²) in [6.45, 7) is 9.02. The molecule has 0 aliphatic heterocycles. The molecule has 4 atom stereocenters. The Bertz CT molecular complexity index is 684. The van der Waals surface area contributed by atoms with Gasteiger partial charge in [-0.05, 0) is 38.7 Å². The van der Waals surface area contributed by atoms with E-state index in [4.69, 9.17) is 9.15 Å². The Hall–Kier alpha value is -1.62. The fourth-order valence-electron chi connectivity index (χ4n) is 4.33. The number of carbonyl (C=O) groups excluding carboxylic acids is 2. The third-order valence-corrected chi connectivity index (χ3v) is 6.12. The molecule has 5 nitrogen and oxygen atoms in total. The molecule has 132 valence electrons. The van der Waals surface area contributed by atoms with Crippen LogP contribution in [0.15, 0.2) is 10.7 Å². The Labute approximate surface area is 142 Å². The monoisotopic (exact) mass is 334 g/mol. The Kier molecular flexibility index (Phi) is 3.91. The van der Waals surface area contributed by atoms with Crippen LogP contribution in [0.3, 0.4) is 0 Å². The second-order valence-corrected chi connectivity index (χ2v) is 8.00. The first-order valence-electron chi connectivity index (χ1n) is 8.66. The summed E-state index contributed by atoms with van der Waals surface area (Å²) < 4.78 is 11.4. The third-order valence-electron chi connectivity index (χ3n) is 6.12. The molecule has 0 spiro atoms. The molecule has 0 radical (unpaired) electrons. The first-order valence-corrected chi connectivity index (χ1v) is 8.66. The summed E-state index contributed by atoms with van der Waals surface area (Å²) in [4.78, 5) is 25.3. The molecule has 1 heterocycles. The van der Waals surface area contributed by atoms with Crippen molar-refractivity contribution in [3.05, 3.63) is 23.2 Å². The number of rotatable bonds is 2. The van der Waals surface area contributed by atoms with E-state index in [9.17, 15) is 14.7 Å². The van der Waals surface area contributed by atoms with Gasteiger partial charge < -0.3 is 14.3 Å². The van der Waals surface area contributed by atoms with Crippen LogP contribution in [0.2, 0.25) is 0 Å². The van der Waals surface area contributed by atoms with E-state index in [1.165, 1.54) is 6.26 Å². The highest BCUT2D eigenvalue weighted by Crippen LogP contribution is 2.61. The first kappa shape index (κ1) is 17.2. The highest BCUT2D eigenvalue weighted by Gasteiger charge is 2.63. The summed E-state index contributed by atoms with van der Waals surface area (Å²) in [7, 11) is 0. The number of aryl methyl sites for hydroxylation is 1. The van der Waals surface area contributed by atoms with Gasteiger partial charge in [0.2, 0.25) is 5.78 Å². The van der Waals surface area contributed by atoms with E-state index in [0.717, 1.165) is 12.0 Å². The van der Waals surface area contributed by atoms with E-state index in [0.29, 0.717) is 18.4 Å². The second-order valence-electron chi connectivity index (χ2n) is 8.00. The highest BCUT2D eigenvalue weighted by atomic mass is 16.5. The van der Waals surface area contributed by atoms with Crippen molar-refractivity contribution in [1.29, 1.82) is 0 Å². The molecule has 2 aliphatic rings. The van der Waals surface area contributed by atoms with Gasteiger partial charge in [-0.3, -0.25) is 9.59 Å². The highest BCUT2D eigenvalue weighted by molar-refractivity contribution is 5.99. The minimum absolute atomic E-state index is 0.0857. The van der Waals surface area contributed by atoms with Gasteiger partial charge in [0.15, 0.2) is 5.76 Å². The van der Waals surface area contributed by atoms with Crippen molar-refractivity contribution in [2.75, 3.05) is 0 Å². The molecule has 24 heavy (non-hydrogen) atoms. The average molecular weight is 334 g/mol. The van der Waals surface area contributed by atoms with Crippen LogP contribution in [0.1, 0.15) is 74.7 Å². The van der Waals surface area contributed by atoms with Gasteiger partial charge in [0.25, 0.3) is 0 Å². The van der Waals surface area contributed by atoms with Gasteiger partial charge in [-0.15, -0.1) is 0 Å². The van der Waals surface area contributed by atoms with Crippen molar-refractivity contribution < 1.29 is 23.8 Å². The Morgan fingerprint density at radius 1 is 1.42 bits per heavy atom. The molecule has 5 heteroatoms. The van der Waals surface area contributed by atoms with Crippen LogP contribution in [-0.2, 0) is 9.53 Å². The number of fused-ring (bicyclic) bond motifs is 2. The van der Waals surface area contributed by atoms with E-state index >= 15 is 0 Å². The molecule has 1 aromatic rings. The maximum Gasteiger partial charge on any atom is 0.309 e. The number of Topliss-reactive ketones (excluding diaryl/α,β-unsaturated/α-hetero) is 1. The molecule has 0 amide bonds. The molecule has 3 rings (SSSR count). The predicted octanol–water partition coefficient (Wildman–Crippen LogP) is 3.58. The molecule has 0 saturated heterocycles. The second kappa shape index (κ2) is 5.45. The Balaban J connectivity index is 2.19. The van der Waals surface area contributed by atoms with Crippen molar-refractivity contribution in [3.63, 3.8) is 0 Å². The topological polar surface area (TPSA) is 76.7 Å².